The Morgan fingerprint density at radius 2 is 1.78 bits per heavy atom. The summed E-state index contributed by atoms with van der Waals surface area (Å²) >= 11 is 0. The molecule has 0 aliphatic rings. The molecule has 0 saturated heterocycles. The Labute approximate surface area is 134 Å². The SMILES string of the molecule is CS(=O)(=O)c1ccccc1Cc1nc(-c2ccc(N)cc2)n[nH]1. The van der Waals surface area contributed by atoms with E-state index in [1.165, 1.54) is 6.26 Å². The van der Waals surface area contributed by atoms with Crippen LogP contribution in [0.1, 0.15) is 11.4 Å². The van der Waals surface area contributed by atoms with Crippen LogP contribution in [0.4, 0.5) is 5.69 Å². The van der Waals surface area contributed by atoms with Gasteiger partial charge in [-0.1, -0.05) is 18.2 Å². The van der Waals surface area contributed by atoms with Gasteiger partial charge in [0.05, 0.1) is 4.90 Å². The van der Waals surface area contributed by atoms with Crippen molar-refractivity contribution < 1.29 is 8.42 Å². The topological polar surface area (TPSA) is 102 Å². The Hall–Kier alpha value is -2.67. The van der Waals surface area contributed by atoms with Gasteiger partial charge in [0.1, 0.15) is 5.82 Å². The Morgan fingerprint density at radius 3 is 2.48 bits per heavy atom. The van der Waals surface area contributed by atoms with E-state index in [1.807, 2.05) is 12.1 Å². The third-order valence-corrected chi connectivity index (χ3v) is 4.63. The minimum atomic E-state index is -3.28. The lowest BCUT2D eigenvalue weighted by molar-refractivity contribution is 0.601. The van der Waals surface area contributed by atoms with Gasteiger partial charge in [-0.05, 0) is 35.9 Å². The largest absolute Gasteiger partial charge is 0.399 e. The van der Waals surface area contributed by atoms with Crippen LogP contribution >= 0.6 is 0 Å². The van der Waals surface area contributed by atoms with Crippen LogP contribution in [-0.2, 0) is 16.3 Å². The first-order valence-corrected chi connectivity index (χ1v) is 8.88. The van der Waals surface area contributed by atoms with Crippen molar-refractivity contribution in [2.75, 3.05) is 12.0 Å². The molecule has 23 heavy (non-hydrogen) atoms. The van der Waals surface area contributed by atoms with Crippen molar-refractivity contribution in [2.45, 2.75) is 11.3 Å². The predicted molar refractivity (Wildman–Crippen MR) is 88.6 cm³/mol. The molecule has 0 radical (unpaired) electrons. The quantitative estimate of drug-likeness (QED) is 0.714. The van der Waals surface area contributed by atoms with Crippen LogP contribution in [0.15, 0.2) is 53.4 Å². The van der Waals surface area contributed by atoms with Crippen LogP contribution in [0.25, 0.3) is 11.4 Å². The van der Waals surface area contributed by atoms with E-state index in [0.717, 1.165) is 5.56 Å². The number of nitrogens with one attached hydrogen (secondary N) is 1. The Kier molecular flexibility index (Phi) is 3.87. The first kappa shape index (κ1) is 15.2. The molecule has 0 aliphatic heterocycles. The van der Waals surface area contributed by atoms with Crippen LogP contribution in [0.3, 0.4) is 0 Å². The molecular weight excluding hydrogens is 312 g/mol. The molecule has 2 aromatic carbocycles. The van der Waals surface area contributed by atoms with Crippen molar-refractivity contribution in [3.8, 4) is 11.4 Å². The zero-order valence-electron chi connectivity index (χ0n) is 12.5. The third-order valence-electron chi connectivity index (χ3n) is 3.43. The summed E-state index contributed by atoms with van der Waals surface area (Å²) in [6.45, 7) is 0. The first-order chi connectivity index (χ1) is 10.9. The number of nitrogen functional groups attached to an aromatic ring is 1. The van der Waals surface area contributed by atoms with E-state index in [2.05, 4.69) is 15.2 Å². The first-order valence-electron chi connectivity index (χ1n) is 6.98. The molecule has 0 saturated carbocycles. The summed E-state index contributed by atoms with van der Waals surface area (Å²) in [5.74, 6) is 1.16. The van der Waals surface area contributed by atoms with Gasteiger partial charge in [0.25, 0.3) is 0 Å². The zero-order chi connectivity index (χ0) is 16.4. The number of aromatic nitrogens is 3. The summed E-state index contributed by atoms with van der Waals surface area (Å²) < 4.78 is 23.7. The number of aromatic amines is 1. The van der Waals surface area contributed by atoms with Gasteiger partial charge in [-0.2, -0.15) is 5.10 Å². The maximum absolute atomic E-state index is 11.8. The molecule has 0 spiro atoms. The van der Waals surface area contributed by atoms with Gasteiger partial charge in [0.2, 0.25) is 0 Å². The minimum absolute atomic E-state index is 0.311. The van der Waals surface area contributed by atoms with Crippen LogP contribution < -0.4 is 5.73 Å². The lowest BCUT2D eigenvalue weighted by atomic mass is 10.1. The smallest absolute Gasteiger partial charge is 0.181 e. The average Bonchev–Trinajstić information content (AvgIpc) is 2.96. The normalized spacial score (nSPS) is 11.5. The van der Waals surface area contributed by atoms with E-state index in [0.29, 0.717) is 34.2 Å². The molecule has 1 heterocycles. The number of rotatable bonds is 4. The molecule has 118 valence electrons. The summed E-state index contributed by atoms with van der Waals surface area (Å²) in [7, 11) is -3.28. The standard InChI is InChI=1S/C16H16N4O2S/c1-23(21,22)14-5-3-2-4-12(14)10-15-18-16(20-19-15)11-6-8-13(17)9-7-11/h2-9H,10,17H2,1H3,(H,18,19,20). The highest BCUT2D eigenvalue weighted by atomic mass is 32.2. The summed E-state index contributed by atoms with van der Waals surface area (Å²) in [5.41, 5.74) is 7.87. The van der Waals surface area contributed by atoms with Gasteiger partial charge < -0.3 is 5.73 Å². The molecule has 1 aromatic heterocycles. The van der Waals surface area contributed by atoms with Crippen LogP contribution in [0.2, 0.25) is 0 Å². The molecule has 0 unspecified atom stereocenters. The number of anilines is 1. The van der Waals surface area contributed by atoms with Gasteiger partial charge in [-0.15, -0.1) is 0 Å². The van der Waals surface area contributed by atoms with E-state index < -0.39 is 9.84 Å². The summed E-state index contributed by atoms with van der Waals surface area (Å²) in [4.78, 5) is 4.74. The van der Waals surface area contributed by atoms with Crippen molar-refractivity contribution in [1.82, 2.24) is 15.2 Å². The van der Waals surface area contributed by atoms with E-state index in [-0.39, 0.29) is 0 Å². The molecule has 0 atom stereocenters. The second kappa shape index (κ2) is 5.85. The van der Waals surface area contributed by atoms with E-state index in [4.69, 9.17) is 5.73 Å². The monoisotopic (exact) mass is 328 g/mol. The molecule has 3 N–H and O–H groups in total. The molecular formula is C16H16N4O2S. The van der Waals surface area contributed by atoms with Crippen LogP contribution in [0, 0.1) is 0 Å². The molecule has 3 aromatic rings. The number of H-pyrrole nitrogens is 1. The molecule has 7 heteroatoms. The third kappa shape index (κ3) is 3.40. The number of nitrogens with two attached hydrogens (primary N) is 1. The molecule has 0 aliphatic carbocycles. The fourth-order valence-corrected chi connectivity index (χ4v) is 3.27. The van der Waals surface area contributed by atoms with Gasteiger partial charge in [0.15, 0.2) is 15.7 Å². The Morgan fingerprint density at radius 1 is 1.09 bits per heavy atom. The number of sulfone groups is 1. The van der Waals surface area contributed by atoms with Crippen molar-refractivity contribution in [3.05, 3.63) is 59.9 Å². The molecule has 0 bridgehead atoms. The lowest BCUT2D eigenvalue weighted by Crippen LogP contribution is -2.03. The fraction of sp³-hybridized carbons (Fsp3) is 0.125. The highest BCUT2D eigenvalue weighted by molar-refractivity contribution is 7.90. The van der Waals surface area contributed by atoms with Gasteiger partial charge in [0, 0.05) is 23.9 Å². The zero-order valence-corrected chi connectivity index (χ0v) is 13.3. The van der Waals surface area contributed by atoms with Crippen LogP contribution in [0.5, 0.6) is 0 Å². The van der Waals surface area contributed by atoms with E-state index in [1.54, 1.807) is 36.4 Å². The predicted octanol–water partition coefficient (Wildman–Crippen LogP) is 2.05. The number of nitrogens with zero attached hydrogens (tertiary/aromatic N) is 2. The van der Waals surface area contributed by atoms with Gasteiger partial charge in [-0.3, -0.25) is 5.10 Å². The fourth-order valence-electron chi connectivity index (χ4n) is 2.33. The number of hydrogen-bond acceptors (Lipinski definition) is 5. The molecule has 6 nitrogen and oxygen atoms in total. The Balaban J connectivity index is 1.90. The lowest BCUT2D eigenvalue weighted by Gasteiger charge is -2.05. The van der Waals surface area contributed by atoms with Crippen molar-refractivity contribution in [2.24, 2.45) is 0 Å². The molecule has 3 rings (SSSR count). The van der Waals surface area contributed by atoms with Crippen molar-refractivity contribution in [3.63, 3.8) is 0 Å². The van der Waals surface area contributed by atoms with Crippen LogP contribution in [-0.4, -0.2) is 29.9 Å². The van der Waals surface area contributed by atoms with Gasteiger partial charge >= 0.3 is 0 Å². The highest BCUT2D eigenvalue weighted by Gasteiger charge is 2.14. The second-order valence-electron chi connectivity index (χ2n) is 5.28. The maximum atomic E-state index is 11.8. The summed E-state index contributed by atoms with van der Waals surface area (Å²) in [6.07, 6.45) is 1.57. The van der Waals surface area contributed by atoms with Gasteiger partial charge in [-0.25, -0.2) is 13.4 Å². The highest BCUT2D eigenvalue weighted by Crippen LogP contribution is 2.20. The Bertz CT molecular complexity index is 931. The summed E-state index contributed by atoms with van der Waals surface area (Å²) in [6, 6.07) is 14.1. The van der Waals surface area contributed by atoms with Crippen molar-refractivity contribution >= 4 is 15.5 Å². The average molecular weight is 328 g/mol. The maximum Gasteiger partial charge on any atom is 0.181 e. The van der Waals surface area contributed by atoms with E-state index in [9.17, 15) is 8.42 Å². The molecule has 0 fully saturated rings. The number of benzene rings is 2. The van der Waals surface area contributed by atoms with Crippen molar-refractivity contribution in [1.29, 1.82) is 0 Å². The second-order valence-corrected chi connectivity index (χ2v) is 7.27. The summed E-state index contributed by atoms with van der Waals surface area (Å²) in [5, 5.41) is 7.04. The molecule has 0 amide bonds. The number of hydrogen-bond donors (Lipinski definition) is 2. The minimum Gasteiger partial charge on any atom is -0.399 e. The van der Waals surface area contributed by atoms with E-state index >= 15 is 0 Å².